The SMILES string of the molecule is Cc1ccccc1C(=O)SC(=O)c1ccccc1C. The van der Waals surface area contributed by atoms with Crippen molar-refractivity contribution in [2.45, 2.75) is 13.8 Å². The van der Waals surface area contributed by atoms with Crippen molar-refractivity contribution in [3.63, 3.8) is 0 Å². The van der Waals surface area contributed by atoms with E-state index in [9.17, 15) is 9.59 Å². The standard InChI is InChI=1S/C16H14O2S/c1-11-7-3-5-9-13(11)15(17)19-16(18)14-10-6-4-8-12(14)2/h3-10H,1-2H3. The van der Waals surface area contributed by atoms with Gasteiger partial charge in [0.15, 0.2) is 0 Å². The molecule has 0 amide bonds. The summed E-state index contributed by atoms with van der Waals surface area (Å²) >= 11 is 0.756. The lowest BCUT2D eigenvalue weighted by molar-refractivity contribution is 0.106. The van der Waals surface area contributed by atoms with E-state index in [1.807, 2.05) is 38.1 Å². The summed E-state index contributed by atoms with van der Waals surface area (Å²) in [6.07, 6.45) is 0. The zero-order valence-electron chi connectivity index (χ0n) is 10.8. The number of thioether (sulfide) groups is 1. The molecule has 0 heterocycles. The fourth-order valence-corrected chi connectivity index (χ4v) is 2.64. The van der Waals surface area contributed by atoms with Crippen LogP contribution in [-0.2, 0) is 0 Å². The van der Waals surface area contributed by atoms with E-state index >= 15 is 0 Å². The number of aryl methyl sites for hydroxylation is 2. The van der Waals surface area contributed by atoms with Gasteiger partial charge < -0.3 is 0 Å². The molecule has 0 aliphatic rings. The first-order chi connectivity index (χ1) is 9.09. The van der Waals surface area contributed by atoms with E-state index in [0.717, 1.165) is 22.9 Å². The molecule has 0 spiro atoms. The van der Waals surface area contributed by atoms with Crippen LogP contribution in [0.2, 0.25) is 0 Å². The third-order valence-corrected chi connectivity index (χ3v) is 3.73. The minimum atomic E-state index is -0.202. The van der Waals surface area contributed by atoms with Crippen molar-refractivity contribution in [2.24, 2.45) is 0 Å². The maximum Gasteiger partial charge on any atom is 0.227 e. The van der Waals surface area contributed by atoms with Gasteiger partial charge in [-0.1, -0.05) is 48.5 Å². The van der Waals surface area contributed by atoms with Crippen LogP contribution >= 0.6 is 11.8 Å². The minimum Gasteiger partial charge on any atom is -0.281 e. The van der Waals surface area contributed by atoms with Gasteiger partial charge in [0.2, 0.25) is 10.2 Å². The van der Waals surface area contributed by atoms with E-state index in [-0.39, 0.29) is 10.2 Å². The van der Waals surface area contributed by atoms with E-state index in [4.69, 9.17) is 0 Å². The Labute approximate surface area is 116 Å². The molecule has 0 saturated heterocycles. The van der Waals surface area contributed by atoms with Crippen molar-refractivity contribution in [2.75, 3.05) is 0 Å². The highest BCUT2D eigenvalue weighted by atomic mass is 32.2. The molecule has 0 N–H and O–H groups in total. The third kappa shape index (κ3) is 3.12. The van der Waals surface area contributed by atoms with Crippen molar-refractivity contribution < 1.29 is 9.59 Å². The smallest absolute Gasteiger partial charge is 0.227 e. The molecule has 0 saturated carbocycles. The zero-order chi connectivity index (χ0) is 13.8. The first-order valence-electron chi connectivity index (χ1n) is 5.97. The van der Waals surface area contributed by atoms with Crippen LogP contribution in [0, 0.1) is 13.8 Å². The molecule has 2 aromatic carbocycles. The van der Waals surface area contributed by atoms with E-state index in [2.05, 4.69) is 0 Å². The van der Waals surface area contributed by atoms with Gasteiger partial charge in [0.1, 0.15) is 0 Å². The van der Waals surface area contributed by atoms with Gasteiger partial charge in [-0.3, -0.25) is 9.59 Å². The predicted molar refractivity (Wildman–Crippen MR) is 78.6 cm³/mol. The Morgan fingerprint density at radius 1 is 0.737 bits per heavy atom. The van der Waals surface area contributed by atoms with E-state index in [1.54, 1.807) is 24.3 Å². The van der Waals surface area contributed by atoms with Crippen LogP contribution in [0.3, 0.4) is 0 Å². The van der Waals surface area contributed by atoms with E-state index in [1.165, 1.54) is 0 Å². The summed E-state index contributed by atoms with van der Waals surface area (Å²) in [7, 11) is 0. The van der Waals surface area contributed by atoms with Crippen molar-refractivity contribution in [1.82, 2.24) is 0 Å². The van der Waals surface area contributed by atoms with Gasteiger partial charge in [-0.25, -0.2) is 0 Å². The molecule has 0 radical (unpaired) electrons. The molecule has 2 rings (SSSR count). The summed E-state index contributed by atoms with van der Waals surface area (Å²) in [6.45, 7) is 3.73. The molecule has 19 heavy (non-hydrogen) atoms. The molecule has 0 fully saturated rings. The summed E-state index contributed by atoms with van der Waals surface area (Å²) < 4.78 is 0. The molecule has 0 bridgehead atoms. The summed E-state index contributed by atoms with van der Waals surface area (Å²) in [5, 5.41) is -0.405. The lowest BCUT2D eigenvalue weighted by Crippen LogP contribution is -2.04. The highest BCUT2D eigenvalue weighted by Crippen LogP contribution is 2.21. The van der Waals surface area contributed by atoms with Gasteiger partial charge in [0.05, 0.1) is 0 Å². The fraction of sp³-hybridized carbons (Fsp3) is 0.125. The molecule has 0 aliphatic carbocycles. The lowest BCUT2D eigenvalue weighted by Gasteiger charge is -2.05. The highest BCUT2D eigenvalue weighted by Gasteiger charge is 2.17. The number of hydrogen-bond donors (Lipinski definition) is 0. The largest absolute Gasteiger partial charge is 0.281 e. The van der Waals surface area contributed by atoms with Crippen LogP contribution in [0.15, 0.2) is 48.5 Å². The van der Waals surface area contributed by atoms with Crippen molar-refractivity contribution >= 4 is 22.0 Å². The fourth-order valence-electron chi connectivity index (χ4n) is 1.80. The predicted octanol–water partition coefficient (Wildman–Crippen LogP) is 4.02. The maximum atomic E-state index is 12.1. The topological polar surface area (TPSA) is 34.1 Å². The Morgan fingerprint density at radius 3 is 1.47 bits per heavy atom. The minimum absolute atomic E-state index is 0.202. The van der Waals surface area contributed by atoms with Crippen LogP contribution in [0.1, 0.15) is 31.8 Å². The van der Waals surface area contributed by atoms with E-state index in [0.29, 0.717) is 11.1 Å². The molecule has 3 heteroatoms. The number of hydrogen-bond acceptors (Lipinski definition) is 3. The van der Waals surface area contributed by atoms with Gasteiger partial charge in [-0.2, -0.15) is 0 Å². The Hall–Kier alpha value is -1.87. The van der Waals surface area contributed by atoms with E-state index < -0.39 is 0 Å². The Morgan fingerprint density at radius 2 is 1.11 bits per heavy atom. The molecule has 2 aromatic rings. The zero-order valence-corrected chi connectivity index (χ0v) is 11.7. The molecule has 96 valence electrons. The molecule has 0 aliphatic heterocycles. The second kappa shape index (κ2) is 5.85. The van der Waals surface area contributed by atoms with Crippen LogP contribution in [0.4, 0.5) is 0 Å². The average molecular weight is 270 g/mol. The van der Waals surface area contributed by atoms with Gasteiger partial charge >= 0.3 is 0 Å². The maximum absolute atomic E-state index is 12.1. The number of carbonyl (C=O) groups excluding carboxylic acids is 2. The number of rotatable bonds is 2. The number of carbonyl (C=O) groups is 2. The second-order valence-electron chi connectivity index (χ2n) is 4.31. The van der Waals surface area contributed by atoms with Gasteiger partial charge in [-0.05, 0) is 36.7 Å². The first kappa shape index (κ1) is 13.6. The quantitative estimate of drug-likeness (QED) is 0.826. The lowest BCUT2D eigenvalue weighted by atomic mass is 10.1. The summed E-state index contributed by atoms with van der Waals surface area (Å²) in [5.41, 5.74) is 2.96. The van der Waals surface area contributed by atoms with Crippen molar-refractivity contribution in [3.8, 4) is 0 Å². The van der Waals surface area contributed by atoms with Crippen LogP contribution in [0.5, 0.6) is 0 Å². The molecule has 0 unspecified atom stereocenters. The average Bonchev–Trinajstić information content (AvgIpc) is 2.39. The Kier molecular flexibility index (Phi) is 4.17. The molecule has 0 aromatic heterocycles. The van der Waals surface area contributed by atoms with Gasteiger partial charge in [-0.15, -0.1) is 0 Å². The Balaban J connectivity index is 2.19. The summed E-state index contributed by atoms with van der Waals surface area (Å²) in [6, 6.07) is 14.6. The van der Waals surface area contributed by atoms with Gasteiger partial charge in [0.25, 0.3) is 0 Å². The monoisotopic (exact) mass is 270 g/mol. The Bertz CT molecular complexity index is 577. The van der Waals surface area contributed by atoms with Gasteiger partial charge in [0, 0.05) is 11.1 Å². The summed E-state index contributed by atoms with van der Waals surface area (Å²) in [5.74, 6) is 0. The van der Waals surface area contributed by atoms with Crippen LogP contribution in [-0.4, -0.2) is 10.2 Å². The normalized spacial score (nSPS) is 10.2. The molecule has 0 atom stereocenters. The molecular formula is C16H14O2S. The summed E-state index contributed by atoms with van der Waals surface area (Å²) in [4.78, 5) is 24.2. The van der Waals surface area contributed by atoms with Crippen molar-refractivity contribution in [3.05, 3.63) is 70.8 Å². The number of benzene rings is 2. The third-order valence-electron chi connectivity index (χ3n) is 2.92. The van der Waals surface area contributed by atoms with Crippen LogP contribution in [0.25, 0.3) is 0 Å². The van der Waals surface area contributed by atoms with Crippen molar-refractivity contribution in [1.29, 1.82) is 0 Å². The highest BCUT2D eigenvalue weighted by molar-refractivity contribution is 8.27. The molecule has 2 nitrogen and oxygen atoms in total. The first-order valence-corrected chi connectivity index (χ1v) is 6.79. The second-order valence-corrected chi connectivity index (χ2v) is 5.25. The van der Waals surface area contributed by atoms with Crippen LogP contribution < -0.4 is 0 Å². The molecular weight excluding hydrogens is 256 g/mol.